The monoisotopic (exact) mass is 235 g/mol. The second-order valence-electron chi connectivity index (χ2n) is 5.36. The number of hydrogen-bond acceptors (Lipinski definition) is 1. The van der Waals surface area contributed by atoms with Crippen LogP contribution in [0.15, 0.2) is 24.3 Å². The van der Waals surface area contributed by atoms with Crippen molar-refractivity contribution in [3.05, 3.63) is 35.4 Å². The summed E-state index contributed by atoms with van der Waals surface area (Å²) in [5.74, 6) is 0. The Bertz CT molecular complexity index is 367. The minimum absolute atomic E-state index is 0.219. The Balaban J connectivity index is 2.29. The largest absolute Gasteiger partial charge is 0.321 e. The van der Waals surface area contributed by atoms with Crippen molar-refractivity contribution >= 4 is 0 Å². The molecule has 0 spiro atoms. The van der Waals surface area contributed by atoms with E-state index in [0.717, 1.165) is 18.4 Å². The smallest absolute Gasteiger partial charge is 0.101 e. The van der Waals surface area contributed by atoms with Gasteiger partial charge in [-0.1, -0.05) is 43.5 Å². The van der Waals surface area contributed by atoms with Crippen LogP contribution in [0.4, 0.5) is 4.39 Å². The molecule has 1 saturated carbocycles. The third-order valence-electron chi connectivity index (χ3n) is 3.80. The first kappa shape index (κ1) is 12.6. The molecule has 0 radical (unpaired) electrons. The SMILES string of the molecule is CC(F)Cc1ccccc1C1(N)CCCCC1. The van der Waals surface area contributed by atoms with E-state index in [1.165, 1.54) is 24.8 Å². The molecule has 1 fully saturated rings. The van der Waals surface area contributed by atoms with Crippen molar-refractivity contribution in [1.82, 2.24) is 0 Å². The van der Waals surface area contributed by atoms with Crippen molar-refractivity contribution in [3.8, 4) is 0 Å². The van der Waals surface area contributed by atoms with Crippen LogP contribution in [0.3, 0.4) is 0 Å². The van der Waals surface area contributed by atoms with Crippen LogP contribution in [0.1, 0.15) is 50.2 Å². The van der Waals surface area contributed by atoms with Gasteiger partial charge in [0.05, 0.1) is 0 Å². The molecule has 2 N–H and O–H groups in total. The highest BCUT2D eigenvalue weighted by Crippen LogP contribution is 2.36. The van der Waals surface area contributed by atoms with E-state index < -0.39 is 6.17 Å². The molecule has 0 aliphatic heterocycles. The van der Waals surface area contributed by atoms with Crippen molar-refractivity contribution < 1.29 is 4.39 Å². The first-order valence-electron chi connectivity index (χ1n) is 6.63. The summed E-state index contributed by atoms with van der Waals surface area (Å²) in [5.41, 5.74) is 8.58. The maximum atomic E-state index is 13.2. The van der Waals surface area contributed by atoms with E-state index in [4.69, 9.17) is 5.73 Å². The van der Waals surface area contributed by atoms with Gasteiger partial charge in [-0.2, -0.15) is 0 Å². The predicted octanol–water partition coefficient (Wildman–Crippen LogP) is 3.71. The normalized spacial score (nSPS) is 21.1. The highest BCUT2D eigenvalue weighted by atomic mass is 19.1. The highest BCUT2D eigenvalue weighted by Gasteiger charge is 2.31. The van der Waals surface area contributed by atoms with Gasteiger partial charge in [0.2, 0.25) is 0 Å². The molecule has 0 bridgehead atoms. The zero-order valence-corrected chi connectivity index (χ0v) is 10.6. The van der Waals surface area contributed by atoms with Crippen molar-refractivity contribution in [3.63, 3.8) is 0 Å². The number of benzene rings is 1. The Morgan fingerprint density at radius 2 is 1.88 bits per heavy atom. The Labute approximate surface area is 103 Å². The quantitative estimate of drug-likeness (QED) is 0.849. The number of hydrogen-bond donors (Lipinski definition) is 1. The zero-order valence-electron chi connectivity index (χ0n) is 10.6. The molecule has 1 atom stereocenters. The van der Waals surface area contributed by atoms with Crippen LogP contribution in [0.2, 0.25) is 0 Å². The van der Waals surface area contributed by atoms with Crippen molar-refractivity contribution in [2.45, 2.75) is 57.2 Å². The maximum absolute atomic E-state index is 13.2. The van der Waals surface area contributed by atoms with Crippen LogP contribution >= 0.6 is 0 Å². The van der Waals surface area contributed by atoms with E-state index in [1.54, 1.807) is 6.92 Å². The van der Waals surface area contributed by atoms with Gasteiger partial charge in [0.15, 0.2) is 0 Å². The van der Waals surface area contributed by atoms with Crippen LogP contribution in [0.5, 0.6) is 0 Å². The predicted molar refractivity (Wildman–Crippen MR) is 69.7 cm³/mol. The van der Waals surface area contributed by atoms with Gasteiger partial charge in [-0.05, 0) is 30.9 Å². The van der Waals surface area contributed by atoms with Crippen LogP contribution < -0.4 is 5.73 Å². The lowest BCUT2D eigenvalue weighted by atomic mass is 9.75. The summed E-state index contributed by atoms with van der Waals surface area (Å²) in [7, 11) is 0. The van der Waals surface area contributed by atoms with E-state index >= 15 is 0 Å². The summed E-state index contributed by atoms with van der Waals surface area (Å²) in [6.07, 6.45) is 5.40. The van der Waals surface area contributed by atoms with E-state index in [-0.39, 0.29) is 5.54 Å². The van der Waals surface area contributed by atoms with E-state index in [0.29, 0.717) is 6.42 Å². The number of halogens is 1. The minimum atomic E-state index is -0.802. The van der Waals surface area contributed by atoms with Gasteiger partial charge in [0, 0.05) is 12.0 Å². The molecule has 1 aliphatic carbocycles. The third-order valence-corrected chi connectivity index (χ3v) is 3.80. The number of alkyl halides is 1. The molecule has 0 amide bonds. The van der Waals surface area contributed by atoms with Gasteiger partial charge in [-0.15, -0.1) is 0 Å². The van der Waals surface area contributed by atoms with E-state index in [2.05, 4.69) is 6.07 Å². The molecule has 1 nitrogen and oxygen atoms in total. The fourth-order valence-electron chi connectivity index (χ4n) is 2.94. The topological polar surface area (TPSA) is 26.0 Å². The van der Waals surface area contributed by atoms with Gasteiger partial charge in [-0.3, -0.25) is 0 Å². The summed E-state index contributed by atoms with van der Waals surface area (Å²) in [5, 5.41) is 0. The minimum Gasteiger partial charge on any atom is -0.321 e. The standard InChI is InChI=1S/C15H22FN/c1-12(16)11-13-7-3-4-8-14(13)15(17)9-5-2-6-10-15/h3-4,7-8,12H,2,5-6,9-11,17H2,1H3. The average molecular weight is 235 g/mol. The van der Waals surface area contributed by atoms with Crippen LogP contribution in [0.25, 0.3) is 0 Å². The molecular weight excluding hydrogens is 213 g/mol. The summed E-state index contributed by atoms with van der Waals surface area (Å²) in [4.78, 5) is 0. The first-order valence-corrected chi connectivity index (χ1v) is 6.63. The van der Waals surface area contributed by atoms with Gasteiger partial charge in [0.1, 0.15) is 6.17 Å². The first-order chi connectivity index (χ1) is 8.12. The summed E-state index contributed by atoms with van der Waals surface area (Å²) in [6.45, 7) is 1.61. The average Bonchev–Trinajstić information content (AvgIpc) is 2.30. The Morgan fingerprint density at radius 1 is 1.24 bits per heavy atom. The summed E-state index contributed by atoms with van der Waals surface area (Å²) in [6, 6.07) is 8.11. The molecule has 0 aromatic heterocycles. The van der Waals surface area contributed by atoms with E-state index in [9.17, 15) is 4.39 Å². The van der Waals surface area contributed by atoms with Crippen molar-refractivity contribution in [1.29, 1.82) is 0 Å². The second kappa shape index (κ2) is 5.18. The zero-order chi connectivity index (χ0) is 12.3. The Kier molecular flexibility index (Phi) is 3.82. The number of rotatable bonds is 3. The van der Waals surface area contributed by atoms with Crippen LogP contribution in [-0.2, 0) is 12.0 Å². The molecule has 0 saturated heterocycles. The lowest BCUT2D eigenvalue weighted by molar-refractivity contribution is 0.297. The van der Waals surface area contributed by atoms with Crippen molar-refractivity contribution in [2.75, 3.05) is 0 Å². The lowest BCUT2D eigenvalue weighted by Crippen LogP contribution is -2.39. The fourth-order valence-corrected chi connectivity index (χ4v) is 2.94. The second-order valence-corrected chi connectivity index (χ2v) is 5.36. The van der Waals surface area contributed by atoms with Crippen LogP contribution in [-0.4, -0.2) is 6.17 Å². The Morgan fingerprint density at radius 3 is 2.53 bits per heavy atom. The molecule has 94 valence electrons. The van der Waals surface area contributed by atoms with E-state index in [1.807, 2.05) is 18.2 Å². The summed E-state index contributed by atoms with van der Waals surface area (Å²) >= 11 is 0. The molecule has 17 heavy (non-hydrogen) atoms. The molecule has 1 aromatic rings. The third kappa shape index (κ3) is 2.86. The molecule has 0 heterocycles. The molecule has 1 unspecified atom stereocenters. The van der Waals surface area contributed by atoms with Gasteiger partial charge in [0.25, 0.3) is 0 Å². The maximum Gasteiger partial charge on any atom is 0.101 e. The fraction of sp³-hybridized carbons (Fsp3) is 0.600. The number of nitrogens with two attached hydrogens (primary N) is 1. The Hall–Kier alpha value is -0.890. The van der Waals surface area contributed by atoms with Gasteiger partial charge < -0.3 is 5.73 Å². The van der Waals surface area contributed by atoms with Gasteiger partial charge in [-0.25, -0.2) is 4.39 Å². The lowest BCUT2D eigenvalue weighted by Gasteiger charge is -2.35. The summed E-state index contributed by atoms with van der Waals surface area (Å²) < 4.78 is 13.2. The molecule has 1 aliphatic rings. The molecule has 1 aromatic carbocycles. The molecular formula is C15H22FN. The van der Waals surface area contributed by atoms with Crippen molar-refractivity contribution in [2.24, 2.45) is 5.73 Å². The highest BCUT2D eigenvalue weighted by molar-refractivity contribution is 5.34. The molecule has 2 heteroatoms. The molecule has 2 rings (SSSR count). The van der Waals surface area contributed by atoms with Crippen LogP contribution in [0, 0.1) is 0 Å². The van der Waals surface area contributed by atoms with Gasteiger partial charge >= 0.3 is 0 Å².